The number of likely N-dealkylation sites (N-methyl/N-ethyl adjacent to an activating group) is 2. The highest BCUT2D eigenvalue weighted by molar-refractivity contribution is 6.15. The summed E-state index contributed by atoms with van der Waals surface area (Å²) >= 11 is 0. The summed E-state index contributed by atoms with van der Waals surface area (Å²) in [5.74, 6) is -7.84. The normalized spacial score (nSPS) is 18.5. The van der Waals surface area contributed by atoms with E-state index in [9.17, 15) is 64.7 Å². The molecule has 2 bridgehead atoms. The van der Waals surface area contributed by atoms with Gasteiger partial charge in [0.05, 0.1) is 122 Å². The Kier molecular flexibility index (Phi) is 29.8. The fourth-order valence-electron chi connectivity index (χ4n) is 20.4. The van der Waals surface area contributed by atoms with Crippen molar-refractivity contribution in [3.8, 4) is 0 Å². The summed E-state index contributed by atoms with van der Waals surface area (Å²) in [6, 6.07) is 0.317. The summed E-state index contributed by atoms with van der Waals surface area (Å²) in [5.41, 5.74) is 25.1. The van der Waals surface area contributed by atoms with Gasteiger partial charge in [0.1, 0.15) is 45.0 Å². The Morgan fingerprint density at radius 1 is 0.317 bits per heavy atom. The van der Waals surface area contributed by atoms with E-state index in [0.29, 0.717) is 110 Å². The summed E-state index contributed by atoms with van der Waals surface area (Å²) in [6.07, 6.45) is 26.6. The molecule has 0 radical (unpaired) electrons. The number of nitrogen functional groups attached to an aromatic ring is 4. The maximum absolute atomic E-state index is 15.1. The molecule has 0 spiro atoms. The van der Waals surface area contributed by atoms with Crippen LogP contribution in [0.2, 0.25) is 0 Å². The van der Waals surface area contributed by atoms with Crippen LogP contribution < -0.4 is 63.8 Å². The van der Waals surface area contributed by atoms with Gasteiger partial charge in [0.15, 0.2) is 92.4 Å². The van der Waals surface area contributed by atoms with Crippen LogP contribution in [0.4, 0.5) is 104 Å². The summed E-state index contributed by atoms with van der Waals surface area (Å²) in [7, 11) is 2.06. The molecular formula is C94H109F8N35O8. The van der Waals surface area contributed by atoms with Crippen LogP contribution in [0.15, 0.2) is 99.1 Å². The van der Waals surface area contributed by atoms with Gasteiger partial charge < -0.3 is 98.1 Å². The standard InChI is InChI=1S/C25H29F2N9O2.2C24H29F2N9O2.C21H22F2N8O2/c26-16-11-30-23-20(22(28)32-36(23)14-16)24(37)31-19-13-29-12-18(27)21(19)34-7-1-15(2-8-34)25(38)35-10-9-33-5-3-17(35)4-6-33;1-32-5-2-6-34(10-9-32)24(37)15-3-7-33(8-4-15)20-17(26)12-28-13-18(20)30-23(36)19-21(27)31-35-14-16(25)11-29-22(19)35;1-2-32-7-9-34(10-8-32)24(37)15-3-5-33(6-4-15)20-17(26)12-28-13-18(20)30-23(36)19-21(27)31-35-14-16(25)11-29-22(19)35;22-13-8-26-19-16(18(24)28-31(19)11-13)20(32)27-15-10-25-9-14(23)17(15)29-6-2-12(3-7-29)21(33)30-4-1-5-30/h11-15,17H,1-10H2,(H2,28,32)(H,31,37);2*11-15H,2-10H2,1H3,(H2,27,31)(H,30,36);8-12H,1-7H2,(H2,24,28)(H,27,32). The largest absolute Gasteiger partial charge is 0.381 e. The third-order valence-electron chi connectivity index (χ3n) is 28.2. The van der Waals surface area contributed by atoms with Crippen molar-refractivity contribution in [1.82, 2.24) is 113 Å². The maximum Gasteiger partial charge on any atom is 0.263 e. The number of aromatic nitrogens is 16. The van der Waals surface area contributed by atoms with E-state index in [1.807, 2.05) is 29.4 Å². The molecule has 8 amide bonds. The predicted octanol–water partition coefficient (Wildman–Crippen LogP) is 6.68. The van der Waals surface area contributed by atoms with E-state index < -0.39 is 70.2 Å². The Morgan fingerprint density at radius 3 is 0.890 bits per heavy atom. The molecule has 10 saturated heterocycles. The molecule has 0 aliphatic carbocycles. The monoisotopic (exact) mass is 2010 g/mol. The number of pyridine rings is 4. The van der Waals surface area contributed by atoms with E-state index in [1.54, 1.807) is 4.90 Å². The molecule has 764 valence electrons. The third kappa shape index (κ3) is 21.6. The minimum atomic E-state index is -0.670. The molecule has 12 aromatic rings. The number of carbonyl (C=O) groups excluding carboxylic acids is 8. The molecule has 0 saturated carbocycles. The minimum absolute atomic E-state index is 0.0487. The van der Waals surface area contributed by atoms with Crippen LogP contribution in [0.3, 0.4) is 0 Å². The molecule has 10 aliphatic rings. The summed E-state index contributed by atoms with van der Waals surface area (Å²) in [4.78, 5) is 158. The van der Waals surface area contributed by atoms with Crippen molar-refractivity contribution in [2.75, 3.05) is 221 Å². The smallest absolute Gasteiger partial charge is 0.263 e. The van der Waals surface area contributed by atoms with Crippen LogP contribution in [0, 0.1) is 70.2 Å². The first-order valence-electron chi connectivity index (χ1n) is 48.2. The predicted molar refractivity (Wildman–Crippen MR) is 518 cm³/mol. The van der Waals surface area contributed by atoms with E-state index in [-0.39, 0.29) is 161 Å². The molecule has 43 nitrogen and oxygen atoms in total. The van der Waals surface area contributed by atoms with Gasteiger partial charge in [0, 0.05) is 167 Å². The van der Waals surface area contributed by atoms with Crippen molar-refractivity contribution in [2.24, 2.45) is 23.7 Å². The third-order valence-corrected chi connectivity index (χ3v) is 28.2. The Hall–Kier alpha value is -15.4. The number of piperidine rings is 5. The average Bonchev–Trinajstić information content (AvgIpc) is 1.65. The summed E-state index contributed by atoms with van der Waals surface area (Å²) < 4.78 is 118. The fraction of sp³-hybridized carbons (Fsp3) is 0.447. The minimum Gasteiger partial charge on any atom is -0.381 e. The lowest BCUT2D eigenvalue weighted by Gasteiger charge is -2.39. The Labute approximate surface area is 824 Å². The molecule has 22 rings (SSSR count). The molecule has 51 heteroatoms. The molecule has 12 aromatic heterocycles. The number of rotatable bonds is 17. The van der Waals surface area contributed by atoms with Crippen molar-refractivity contribution < 1.29 is 73.5 Å². The fourth-order valence-corrected chi connectivity index (χ4v) is 20.4. The van der Waals surface area contributed by atoms with Crippen LogP contribution in [-0.4, -0.2) is 324 Å². The first-order chi connectivity index (χ1) is 70.0. The number of nitrogens with zero attached hydrogens (tertiary/aromatic N) is 27. The number of hydrogen-bond acceptors (Lipinski definition) is 31. The number of amides is 8. The van der Waals surface area contributed by atoms with Gasteiger partial charge in [-0.3, -0.25) is 58.3 Å². The zero-order chi connectivity index (χ0) is 102. The SMILES string of the molecule is CCN1CCN(C(=O)C2CCN(c3c(F)cncc3NC(=O)c3c(N)nn4cc(F)cnc34)CC2)CC1.CN1CCCN(C(=O)C2CCN(c3c(F)cncc3NC(=O)c3c(N)nn4cc(F)cnc34)CC2)CC1.Nc1nn2cc(F)cnc2c1C(=O)Nc1cncc(F)c1N1CCC(C(=O)N2CCC2)CC1.Nc1nn2cc(F)cnc2c1C(=O)Nc1cncc(F)c1N1CCC(C(=O)N2CCN3CCC2CC3)CC1. The second-order valence-electron chi connectivity index (χ2n) is 37.2. The van der Waals surface area contributed by atoms with Crippen LogP contribution in [0.5, 0.6) is 0 Å². The second kappa shape index (κ2) is 43.4. The molecule has 22 heterocycles. The number of carbonyl (C=O) groups is 8. The number of halogens is 8. The van der Waals surface area contributed by atoms with Gasteiger partial charge in [-0.15, -0.1) is 20.4 Å². The van der Waals surface area contributed by atoms with Crippen LogP contribution >= 0.6 is 0 Å². The van der Waals surface area contributed by atoms with E-state index in [4.69, 9.17) is 22.9 Å². The average molecular weight is 2010 g/mol. The topological polar surface area (TPSA) is 497 Å². The summed E-state index contributed by atoms with van der Waals surface area (Å²) in [6.45, 7) is 18.7. The zero-order valence-corrected chi connectivity index (χ0v) is 79.5. The second-order valence-corrected chi connectivity index (χ2v) is 37.2. The van der Waals surface area contributed by atoms with Gasteiger partial charge in [-0.2, -0.15) is 0 Å². The quantitative estimate of drug-likeness (QED) is 0.0440. The van der Waals surface area contributed by atoms with Crippen molar-refractivity contribution >= 4 is 139 Å². The number of fused-ring (bicyclic) bond motifs is 8. The molecule has 145 heavy (non-hydrogen) atoms. The summed E-state index contributed by atoms with van der Waals surface area (Å²) in [5, 5.41) is 26.4. The number of likely N-dealkylation sites (tertiary alicyclic amines) is 1. The molecule has 0 unspecified atom stereocenters. The molecular weight excluding hydrogens is 1900 g/mol. The van der Waals surface area contributed by atoms with Crippen molar-refractivity contribution in [1.29, 1.82) is 0 Å². The Bertz CT molecular complexity index is 6860. The number of nitrogens with one attached hydrogen (secondary N) is 4. The van der Waals surface area contributed by atoms with Gasteiger partial charge in [-0.05, 0) is 97.2 Å². The highest BCUT2D eigenvalue weighted by Gasteiger charge is 2.41. The number of piperazine rings is 1. The van der Waals surface area contributed by atoms with Gasteiger partial charge in [0.2, 0.25) is 23.6 Å². The van der Waals surface area contributed by atoms with Crippen molar-refractivity contribution in [3.05, 3.63) is 168 Å². The van der Waals surface area contributed by atoms with E-state index in [2.05, 4.69) is 115 Å². The lowest BCUT2D eigenvalue weighted by molar-refractivity contribution is -0.140. The van der Waals surface area contributed by atoms with Crippen LogP contribution in [-0.2, 0) is 19.2 Å². The number of anilines is 12. The molecule has 0 atom stereocenters. The van der Waals surface area contributed by atoms with E-state index in [0.717, 1.165) is 216 Å². The maximum atomic E-state index is 15.1. The lowest BCUT2D eigenvalue weighted by atomic mass is 9.93. The van der Waals surface area contributed by atoms with Gasteiger partial charge in [-0.25, -0.2) is 73.1 Å². The molecule has 10 fully saturated rings. The first kappa shape index (κ1) is 99.7. The first-order valence-corrected chi connectivity index (χ1v) is 48.2. The Balaban J connectivity index is 0.000000127. The lowest BCUT2D eigenvalue weighted by Crippen LogP contribution is -2.51. The zero-order valence-electron chi connectivity index (χ0n) is 79.5. The van der Waals surface area contributed by atoms with Crippen molar-refractivity contribution in [2.45, 2.75) is 90.0 Å². The number of hydrogen-bond donors (Lipinski definition) is 8. The highest BCUT2D eigenvalue weighted by Crippen LogP contribution is 2.41. The van der Waals surface area contributed by atoms with E-state index >= 15 is 8.78 Å². The molecule has 10 aliphatic heterocycles. The van der Waals surface area contributed by atoms with Gasteiger partial charge >= 0.3 is 0 Å². The van der Waals surface area contributed by atoms with Crippen molar-refractivity contribution in [3.63, 3.8) is 0 Å². The number of nitrogens with two attached hydrogens (primary N) is 4. The molecule has 12 N–H and O–H groups in total. The van der Waals surface area contributed by atoms with E-state index in [1.165, 1.54) is 24.8 Å². The highest BCUT2D eigenvalue weighted by atomic mass is 19.2. The molecule has 0 aromatic carbocycles. The van der Waals surface area contributed by atoms with Crippen LogP contribution in [0.1, 0.15) is 125 Å². The van der Waals surface area contributed by atoms with Gasteiger partial charge in [0.25, 0.3) is 23.6 Å². The Morgan fingerprint density at radius 2 is 0.593 bits per heavy atom. The van der Waals surface area contributed by atoms with Crippen LogP contribution in [0.25, 0.3) is 22.6 Å². The van der Waals surface area contributed by atoms with Gasteiger partial charge in [-0.1, -0.05) is 6.92 Å².